The maximum Gasteiger partial charge on any atom is 0.416 e. The largest absolute Gasteiger partial charge is 0.673 e. The van der Waals surface area contributed by atoms with Crippen LogP contribution < -0.4 is 0 Å². The van der Waals surface area contributed by atoms with Gasteiger partial charge in [-0.25, -0.2) is 0 Å². The van der Waals surface area contributed by atoms with Gasteiger partial charge in [0, 0.05) is 5.56 Å². The van der Waals surface area contributed by atoms with Gasteiger partial charge in [0.05, 0.1) is 19.4 Å². The van der Waals surface area contributed by atoms with E-state index in [9.17, 15) is 18.3 Å². The summed E-state index contributed by atoms with van der Waals surface area (Å²) < 4.78 is 42.6. The average Bonchev–Trinajstić information content (AvgIpc) is 2.95. The molecule has 0 unspecified atom stereocenters. The first-order chi connectivity index (χ1) is 12.3. The van der Waals surface area contributed by atoms with Crippen molar-refractivity contribution in [1.29, 1.82) is 0 Å². The minimum atomic E-state index is -4.41. The Hall–Kier alpha value is -3.28. The summed E-state index contributed by atoms with van der Waals surface area (Å²) >= 11 is 0. The molecule has 2 aromatic carbocycles. The van der Waals surface area contributed by atoms with Crippen LogP contribution in [-0.2, 0) is 6.18 Å². The first-order valence-electron chi connectivity index (χ1n) is 7.63. The van der Waals surface area contributed by atoms with Gasteiger partial charge in [0.25, 0.3) is 0 Å². The van der Waals surface area contributed by atoms with Gasteiger partial charge in [-0.1, -0.05) is 42.5 Å². The number of hydrogen-bond donors (Lipinski definition) is 1. The zero-order chi connectivity index (χ0) is 18.9. The van der Waals surface area contributed by atoms with Crippen molar-refractivity contribution >= 4 is 12.4 Å². The molecule has 0 aliphatic carbocycles. The topological polar surface area (TPSA) is 25.9 Å². The Morgan fingerprint density at radius 1 is 1.04 bits per heavy atom. The van der Waals surface area contributed by atoms with Gasteiger partial charge in [-0.3, -0.25) is 4.58 Å². The number of phenolic OH excluding ortho intramolecular Hbond substituents is 1. The highest BCUT2D eigenvalue weighted by Gasteiger charge is 2.30. The molecule has 0 saturated heterocycles. The molecule has 1 aromatic heterocycles. The van der Waals surface area contributed by atoms with E-state index in [2.05, 4.69) is 17.9 Å². The van der Waals surface area contributed by atoms with E-state index in [1.807, 2.05) is 0 Å². The Balaban J connectivity index is 1.89. The van der Waals surface area contributed by atoms with Crippen LogP contribution in [0.3, 0.4) is 0 Å². The van der Waals surface area contributed by atoms with Gasteiger partial charge < -0.3 is 9.15 Å². The van der Waals surface area contributed by atoms with Crippen LogP contribution in [0.1, 0.15) is 11.3 Å². The maximum absolute atomic E-state index is 12.9. The third-order valence-corrected chi connectivity index (χ3v) is 3.90. The number of hydrogen-bond acceptors (Lipinski definition) is 1. The van der Waals surface area contributed by atoms with Crippen molar-refractivity contribution in [3.8, 4) is 17.1 Å². The van der Waals surface area contributed by atoms with Gasteiger partial charge >= 0.3 is 6.18 Å². The summed E-state index contributed by atoms with van der Waals surface area (Å²) in [5.41, 5.74) is 0.128. The number of phenols is 1. The number of alkyl halides is 3. The number of halogens is 3. The predicted molar refractivity (Wildman–Crippen MR) is 93.1 cm³/mol. The van der Waals surface area contributed by atoms with Crippen molar-refractivity contribution in [2.75, 3.05) is 0 Å². The molecule has 0 aliphatic rings. The van der Waals surface area contributed by atoms with Crippen LogP contribution in [0, 0.1) is 13.7 Å². The smallest absolute Gasteiger partial charge is 0.416 e. The maximum atomic E-state index is 12.9. The highest BCUT2D eigenvalue weighted by atomic mass is 19.4. The molecule has 0 radical (unpaired) electrons. The average molecular weight is 359 g/mol. The van der Waals surface area contributed by atoms with Crippen molar-refractivity contribution in [2.45, 2.75) is 6.18 Å². The molecule has 3 aromatic rings. The molecule has 0 spiro atoms. The number of aromatic hydroxyl groups is 1. The van der Waals surface area contributed by atoms with Gasteiger partial charge in [0.1, 0.15) is 18.1 Å². The summed E-state index contributed by atoms with van der Waals surface area (Å²) in [7, 11) is 3.82. The molecule has 134 valence electrons. The lowest BCUT2D eigenvalue weighted by Gasteiger charge is -2.16. The number of nitrogens with zero attached hydrogens (tertiary/aromatic N) is 1. The van der Waals surface area contributed by atoms with Gasteiger partial charge in [0.2, 0.25) is 0 Å². The Kier molecular flexibility index (Phi) is 4.42. The highest BCUT2D eigenvalue weighted by Crippen LogP contribution is 2.35. The second-order valence-electron chi connectivity index (χ2n) is 5.66. The third-order valence-electron chi connectivity index (χ3n) is 3.90. The van der Waals surface area contributed by atoms with Gasteiger partial charge in [-0.15, -0.1) is 0 Å². The lowest BCUT2D eigenvalue weighted by molar-refractivity contribution is -0.382. The van der Waals surface area contributed by atoms with Crippen molar-refractivity contribution in [3.05, 3.63) is 85.6 Å². The number of benzene rings is 2. The summed E-state index contributed by atoms with van der Waals surface area (Å²) in [6.07, 6.45) is -4.41. The predicted octanol–water partition coefficient (Wildman–Crippen LogP) is 5.55. The third kappa shape index (κ3) is 3.39. The number of furan rings is 1. The number of para-hydroxylation sites is 2. The van der Waals surface area contributed by atoms with Crippen LogP contribution in [0.25, 0.3) is 11.3 Å². The van der Waals surface area contributed by atoms with E-state index in [0.29, 0.717) is 22.8 Å². The molecular formula is C20H16F3NO2. The summed E-state index contributed by atoms with van der Waals surface area (Å²) in [5.74, 6) is 1.05. The van der Waals surface area contributed by atoms with Crippen molar-refractivity contribution in [3.63, 3.8) is 0 Å². The van der Waals surface area contributed by atoms with Gasteiger partial charge in [-0.05, 0) is 18.2 Å². The standard InChI is InChI=1S/C20H16F3NO2/c1-24(17-8-3-4-9-18(17)25)13-16-10-11-19(26(16)2)14-6-5-7-15(12-14)20(21,22)23/h3-13,25H,1-2H2. The highest BCUT2D eigenvalue weighted by molar-refractivity contribution is 5.60. The lowest BCUT2D eigenvalue weighted by atomic mass is 10.1. The molecular weight excluding hydrogens is 343 g/mol. The molecule has 6 heteroatoms. The molecule has 1 N–H and O–H groups in total. The first kappa shape index (κ1) is 17.5. The van der Waals surface area contributed by atoms with E-state index in [1.54, 1.807) is 42.9 Å². The zero-order valence-corrected chi connectivity index (χ0v) is 13.7. The fourth-order valence-corrected chi connectivity index (χ4v) is 2.57. The molecule has 0 fully saturated rings. The fraction of sp³-hybridized carbons (Fsp3) is 0.0500. The zero-order valence-electron chi connectivity index (χ0n) is 13.7. The van der Waals surface area contributed by atoms with Gasteiger partial charge in [-0.2, -0.15) is 13.2 Å². The van der Waals surface area contributed by atoms with Crippen LogP contribution in [0.4, 0.5) is 18.9 Å². The Labute approximate surface area is 149 Å². The van der Waals surface area contributed by atoms with E-state index >= 15 is 0 Å². The normalized spacial score (nSPS) is 11.3. The first-order valence-corrected chi connectivity index (χ1v) is 7.63. The Morgan fingerprint density at radius 3 is 2.46 bits per heavy atom. The second kappa shape index (κ2) is 6.55. The van der Waals surface area contributed by atoms with Crippen LogP contribution in [0.5, 0.6) is 5.75 Å². The fourth-order valence-electron chi connectivity index (χ4n) is 2.57. The van der Waals surface area contributed by atoms with E-state index in [-0.39, 0.29) is 5.75 Å². The molecule has 3 nitrogen and oxygen atoms in total. The summed E-state index contributed by atoms with van der Waals surface area (Å²) in [4.78, 5) is 0. The Morgan fingerprint density at radius 2 is 1.77 bits per heavy atom. The molecule has 0 bridgehead atoms. The SMILES string of the molecule is C=[N+]([CH-]c1ccc(-c2cccc(C(F)(F)F)c2)[o+]1[CH2-])c1ccccc1O. The lowest BCUT2D eigenvalue weighted by Crippen LogP contribution is -2.04. The molecule has 0 aliphatic heterocycles. The quantitative estimate of drug-likeness (QED) is 0.281. The van der Waals surface area contributed by atoms with Crippen molar-refractivity contribution in [2.24, 2.45) is 0 Å². The summed E-state index contributed by atoms with van der Waals surface area (Å²) in [6, 6.07) is 15.0. The summed E-state index contributed by atoms with van der Waals surface area (Å²) in [6.45, 7) is 5.45. The monoisotopic (exact) mass is 359 g/mol. The van der Waals surface area contributed by atoms with E-state index in [0.717, 1.165) is 12.1 Å². The van der Waals surface area contributed by atoms with Crippen LogP contribution in [0.2, 0.25) is 0 Å². The number of rotatable bonds is 4. The van der Waals surface area contributed by atoms with E-state index in [4.69, 9.17) is 0 Å². The second-order valence-corrected chi connectivity index (χ2v) is 5.66. The van der Waals surface area contributed by atoms with Crippen LogP contribution in [-0.4, -0.2) is 16.4 Å². The minimum Gasteiger partial charge on any atom is -0.673 e. The molecule has 3 rings (SSSR count). The molecule has 1 heterocycles. The van der Waals surface area contributed by atoms with Crippen LogP contribution in [0.15, 0.2) is 64.7 Å². The van der Waals surface area contributed by atoms with Crippen molar-refractivity contribution in [1.82, 2.24) is 0 Å². The van der Waals surface area contributed by atoms with Crippen LogP contribution >= 0.6 is 0 Å². The summed E-state index contributed by atoms with van der Waals surface area (Å²) in [5, 5.41) is 9.88. The van der Waals surface area contributed by atoms with E-state index < -0.39 is 11.7 Å². The minimum absolute atomic E-state index is 0.0593. The van der Waals surface area contributed by atoms with Crippen molar-refractivity contribution < 1.29 is 26.9 Å². The molecule has 26 heavy (non-hydrogen) atoms. The molecule has 0 saturated carbocycles. The molecule has 0 amide bonds. The Bertz CT molecular complexity index is 958. The molecule has 0 atom stereocenters. The van der Waals surface area contributed by atoms with E-state index in [1.165, 1.54) is 16.7 Å². The van der Waals surface area contributed by atoms with Gasteiger partial charge in [0.15, 0.2) is 11.4 Å².